The molecule has 0 spiro atoms. The van der Waals surface area contributed by atoms with Crippen molar-refractivity contribution in [3.63, 3.8) is 0 Å². The van der Waals surface area contributed by atoms with E-state index in [-0.39, 0.29) is 18.0 Å². The highest BCUT2D eigenvalue weighted by molar-refractivity contribution is 5.87. The Kier molecular flexibility index (Phi) is 3.32. The third-order valence-electron chi connectivity index (χ3n) is 3.06. The SMILES string of the molecule is CC(C)(C)OC(=O)N1CC[C@@H]1C(=O)N1CC=CC1. The topological polar surface area (TPSA) is 49.9 Å². The first-order valence-corrected chi connectivity index (χ1v) is 6.32. The Bertz CT molecular complexity index is 376. The van der Waals surface area contributed by atoms with Crippen LogP contribution in [0.15, 0.2) is 12.2 Å². The van der Waals surface area contributed by atoms with Crippen LogP contribution in [0.3, 0.4) is 0 Å². The summed E-state index contributed by atoms with van der Waals surface area (Å²) in [5.74, 6) is 0.0251. The molecule has 2 rings (SSSR count). The number of hydrogen-bond acceptors (Lipinski definition) is 3. The summed E-state index contributed by atoms with van der Waals surface area (Å²) in [7, 11) is 0. The number of ether oxygens (including phenoxy) is 1. The molecule has 2 aliphatic heterocycles. The normalized spacial score (nSPS) is 22.9. The van der Waals surface area contributed by atoms with Gasteiger partial charge in [-0.15, -0.1) is 0 Å². The van der Waals surface area contributed by atoms with Gasteiger partial charge in [0, 0.05) is 19.6 Å². The lowest BCUT2D eigenvalue weighted by molar-refractivity contribution is -0.139. The molecule has 0 aliphatic carbocycles. The average Bonchev–Trinajstić information content (AvgIpc) is 2.64. The first-order valence-electron chi connectivity index (χ1n) is 6.32. The lowest BCUT2D eigenvalue weighted by Gasteiger charge is -2.41. The summed E-state index contributed by atoms with van der Waals surface area (Å²) in [6.45, 7) is 7.38. The molecular weight excluding hydrogens is 232 g/mol. The maximum absolute atomic E-state index is 12.1. The fraction of sp³-hybridized carbons (Fsp3) is 0.692. The molecule has 100 valence electrons. The number of carbonyl (C=O) groups excluding carboxylic acids is 2. The molecule has 5 heteroatoms. The van der Waals surface area contributed by atoms with Crippen LogP contribution in [0, 0.1) is 0 Å². The van der Waals surface area contributed by atoms with Gasteiger partial charge in [-0.25, -0.2) is 4.79 Å². The predicted molar refractivity (Wildman–Crippen MR) is 67.1 cm³/mol. The second-order valence-electron chi connectivity index (χ2n) is 5.69. The smallest absolute Gasteiger partial charge is 0.410 e. The quantitative estimate of drug-likeness (QED) is 0.663. The largest absolute Gasteiger partial charge is 0.444 e. The number of amides is 2. The first kappa shape index (κ1) is 12.9. The van der Waals surface area contributed by atoms with Crippen LogP contribution in [-0.2, 0) is 9.53 Å². The van der Waals surface area contributed by atoms with Crippen LogP contribution in [-0.4, -0.2) is 53.1 Å². The lowest BCUT2D eigenvalue weighted by Crippen LogP contribution is -2.59. The fourth-order valence-electron chi connectivity index (χ4n) is 2.05. The van der Waals surface area contributed by atoms with E-state index in [0.29, 0.717) is 19.6 Å². The van der Waals surface area contributed by atoms with Crippen LogP contribution in [0.2, 0.25) is 0 Å². The predicted octanol–water partition coefficient (Wildman–Crippen LogP) is 1.39. The van der Waals surface area contributed by atoms with Crippen molar-refractivity contribution in [2.75, 3.05) is 19.6 Å². The summed E-state index contributed by atoms with van der Waals surface area (Å²) in [5, 5.41) is 0. The Balaban J connectivity index is 1.91. The van der Waals surface area contributed by atoms with E-state index in [1.54, 1.807) is 4.90 Å². The van der Waals surface area contributed by atoms with Gasteiger partial charge in [-0.2, -0.15) is 0 Å². The molecule has 1 atom stereocenters. The van der Waals surface area contributed by atoms with Crippen molar-refractivity contribution in [2.24, 2.45) is 0 Å². The average molecular weight is 252 g/mol. The summed E-state index contributed by atoms with van der Waals surface area (Å²) in [4.78, 5) is 27.3. The Labute approximate surface area is 107 Å². The molecule has 0 aromatic rings. The highest BCUT2D eigenvalue weighted by Crippen LogP contribution is 2.23. The summed E-state index contributed by atoms with van der Waals surface area (Å²) >= 11 is 0. The van der Waals surface area contributed by atoms with E-state index in [4.69, 9.17) is 4.74 Å². The monoisotopic (exact) mass is 252 g/mol. The molecular formula is C13H20N2O3. The van der Waals surface area contributed by atoms with E-state index in [9.17, 15) is 9.59 Å². The van der Waals surface area contributed by atoms with Crippen molar-refractivity contribution in [3.8, 4) is 0 Å². The zero-order chi connectivity index (χ0) is 13.3. The van der Waals surface area contributed by atoms with Gasteiger partial charge in [-0.3, -0.25) is 9.69 Å². The van der Waals surface area contributed by atoms with Gasteiger partial charge in [-0.05, 0) is 27.2 Å². The molecule has 2 heterocycles. The van der Waals surface area contributed by atoms with Gasteiger partial charge in [-0.1, -0.05) is 12.2 Å². The number of hydrogen-bond donors (Lipinski definition) is 0. The van der Waals surface area contributed by atoms with E-state index < -0.39 is 5.60 Å². The number of carbonyl (C=O) groups is 2. The molecule has 2 aliphatic rings. The lowest BCUT2D eigenvalue weighted by atomic mass is 10.0. The van der Waals surface area contributed by atoms with Crippen molar-refractivity contribution in [1.29, 1.82) is 0 Å². The number of likely N-dealkylation sites (tertiary alicyclic amines) is 1. The third-order valence-corrected chi connectivity index (χ3v) is 3.06. The van der Waals surface area contributed by atoms with Crippen LogP contribution in [0.25, 0.3) is 0 Å². The zero-order valence-corrected chi connectivity index (χ0v) is 11.2. The molecule has 5 nitrogen and oxygen atoms in total. The van der Waals surface area contributed by atoms with Gasteiger partial charge in [0.1, 0.15) is 11.6 Å². The Morgan fingerprint density at radius 1 is 1.22 bits per heavy atom. The molecule has 1 saturated heterocycles. The van der Waals surface area contributed by atoms with Crippen molar-refractivity contribution in [1.82, 2.24) is 9.80 Å². The number of nitrogens with zero attached hydrogens (tertiary/aromatic N) is 2. The molecule has 1 fully saturated rings. The van der Waals surface area contributed by atoms with Crippen molar-refractivity contribution < 1.29 is 14.3 Å². The summed E-state index contributed by atoms with van der Waals surface area (Å²) in [6.07, 6.45) is 4.27. The highest BCUT2D eigenvalue weighted by atomic mass is 16.6. The molecule has 0 N–H and O–H groups in total. The Hall–Kier alpha value is -1.52. The molecule has 0 aromatic heterocycles. The molecule has 0 unspecified atom stereocenters. The van der Waals surface area contributed by atoms with E-state index in [1.165, 1.54) is 4.90 Å². The van der Waals surface area contributed by atoms with Gasteiger partial charge in [0.05, 0.1) is 0 Å². The first-order chi connectivity index (χ1) is 8.38. The maximum atomic E-state index is 12.1. The van der Waals surface area contributed by atoms with E-state index in [2.05, 4.69) is 0 Å². The van der Waals surface area contributed by atoms with Gasteiger partial charge in [0.15, 0.2) is 0 Å². The second-order valence-corrected chi connectivity index (χ2v) is 5.69. The van der Waals surface area contributed by atoms with E-state index in [0.717, 1.165) is 6.42 Å². The van der Waals surface area contributed by atoms with Crippen LogP contribution in [0.5, 0.6) is 0 Å². The Morgan fingerprint density at radius 3 is 2.28 bits per heavy atom. The molecule has 0 aromatic carbocycles. The highest BCUT2D eigenvalue weighted by Gasteiger charge is 2.41. The molecule has 18 heavy (non-hydrogen) atoms. The van der Waals surface area contributed by atoms with Crippen molar-refractivity contribution in [2.45, 2.75) is 38.8 Å². The summed E-state index contributed by atoms with van der Waals surface area (Å²) in [5.41, 5.74) is -0.518. The minimum Gasteiger partial charge on any atom is -0.444 e. The van der Waals surface area contributed by atoms with Crippen molar-refractivity contribution >= 4 is 12.0 Å². The van der Waals surface area contributed by atoms with Gasteiger partial charge >= 0.3 is 6.09 Å². The second kappa shape index (κ2) is 4.63. The summed E-state index contributed by atoms with van der Waals surface area (Å²) in [6, 6.07) is -0.334. The van der Waals surface area contributed by atoms with Crippen LogP contribution in [0.1, 0.15) is 27.2 Å². The van der Waals surface area contributed by atoms with Crippen molar-refractivity contribution in [3.05, 3.63) is 12.2 Å². The van der Waals surface area contributed by atoms with E-state index >= 15 is 0 Å². The van der Waals surface area contributed by atoms with Crippen LogP contribution < -0.4 is 0 Å². The standard InChI is InChI=1S/C13H20N2O3/c1-13(2,3)18-12(17)15-9-6-10(15)11(16)14-7-4-5-8-14/h4-5,10H,6-9H2,1-3H3/t10-/m1/s1. The number of rotatable bonds is 1. The minimum absolute atomic E-state index is 0.0251. The van der Waals surface area contributed by atoms with E-state index in [1.807, 2.05) is 32.9 Å². The van der Waals surface area contributed by atoms with Gasteiger partial charge in [0.25, 0.3) is 0 Å². The molecule has 0 saturated carbocycles. The van der Waals surface area contributed by atoms with Gasteiger partial charge in [0.2, 0.25) is 5.91 Å². The maximum Gasteiger partial charge on any atom is 0.410 e. The summed E-state index contributed by atoms with van der Waals surface area (Å²) < 4.78 is 5.29. The molecule has 0 radical (unpaired) electrons. The van der Waals surface area contributed by atoms with Crippen LogP contribution in [0.4, 0.5) is 4.79 Å². The molecule has 2 amide bonds. The Morgan fingerprint density at radius 2 is 1.83 bits per heavy atom. The minimum atomic E-state index is -0.518. The fourth-order valence-corrected chi connectivity index (χ4v) is 2.05. The molecule has 0 bridgehead atoms. The zero-order valence-electron chi connectivity index (χ0n) is 11.2. The third kappa shape index (κ3) is 2.66. The van der Waals surface area contributed by atoms with Gasteiger partial charge < -0.3 is 9.64 Å². The van der Waals surface area contributed by atoms with Crippen LogP contribution >= 0.6 is 0 Å².